The first-order valence-electron chi connectivity index (χ1n) is 7.80. The largest absolute Gasteiger partial charge is 0.466 e. The van der Waals surface area contributed by atoms with Crippen molar-refractivity contribution in [1.82, 2.24) is 4.72 Å². The molecular formula is C16H23NO4S. The molecular weight excluding hydrogens is 302 g/mol. The van der Waals surface area contributed by atoms with Gasteiger partial charge < -0.3 is 4.74 Å². The molecule has 5 nitrogen and oxygen atoms in total. The van der Waals surface area contributed by atoms with E-state index in [-0.39, 0.29) is 18.9 Å². The molecule has 1 aromatic carbocycles. The van der Waals surface area contributed by atoms with Crippen LogP contribution in [0.3, 0.4) is 0 Å². The minimum atomic E-state index is -3.51. The summed E-state index contributed by atoms with van der Waals surface area (Å²) in [6.45, 7) is 2.33. The highest BCUT2D eigenvalue weighted by Crippen LogP contribution is 2.23. The van der Waals surface area contributed by atoms with Gasteiger partial charge in [0.1, 0.15) is 0 Å². The third-order valence-corrected chi connectivity index (χ3v) is 5.24. The van der Waals surface area contributed by atoms with Crippen LogP contribution in [0.4, 0.5) is 0 Å². The molecule has 0 fully saturated rings. The van der Waals surface area contributed by atoms with Crippen LogP contribution in [0.5, 0.6) is 0 Å². The second kappa shape index (κ2) is 7.74. The molecule has 1 aliphatic rings. The maximum Gasteiger partial charge on any atom is 0.305 e. The van der Waals surface area contributed by atoms with Crippen molar-refractivity contribution in [3.8, 4) is 0 Å². The molecule has 122 valence electrons. The molecule has 0 spiro atoms. The number of ether oxygens (including phenoxy) is 1. The average molecular weight is 325 g/mol. The Morgan fingerprint density at radius 2 is 1.95 bits per heavy atom. The lowest BCUT2D eigenvalue weighted by atomic mass is 9.92. The van der Waals surface area contributed by atoms with Gasteiger partial charge in [0, 0.05) is 13.0 Å². The van der Waals surface area contributed by atoms with Gasteiger partial charge in [-0.25, -0.2) is 13.1 Å². The molecule has 0 heterocycles. The molecule has 22 heavy (non-hydrogen) atoms. The van der Waals surface area contributed by atoms with Crippen LogP contribution in [-0.2, 0) is 32.4 Å². The van der Waals surface area contributed by atoms with E-state index >= 15 is 0 Å². The Morgan fingerprint density at radius 1 is 1.23 bits per heavy atom. The van der Waals surface area contributed by atoms with E-state index in [1.165, 1.54) is 12.0 Å². The average Bonchev–Trinajstić information content (AvgIpc) is 2.51. The molecule has 0 aromatic heterocycles. The Morgan fingerprint density at radius 3 is 2.68 bits per heavy atom. The van der Waals surface area contributed by atoms with Crippen molar-refractivity contribution >= 4 is 16.0 Å². The van der Waals surface area contributed by atoms with E-state index in [1.807, 2.05) is 6.07 Å². The zero-order chi connectivity index (χ0) is 16.0. The SMILES string of the molecule is CCOC(=O)CCCNS(=O)(=O)c1ccc2c(c1)CCCC2. The van der Waals surface area contributed by atoms with Crippen LogP contribution in [0, 0.1) is 0 Å². The molecule has 0 saturated heterocycles. The number of nitrogens with one attached hydrogen (secondary N) is 1. The summed E-state index contributed by atoms with van der Waals surface area (Å²) < 4.78 is 31.9. The molecule has 0 bridgehead atoms. The molecule has 0 amide bonds. The lowest BCUT2D eigenvalue weighted by Gasteiger charge is -2.16. The fraction of sp³-hybridized carbons (Fsp3) is 0.562. The normalized spacial score (nSPS) is 14.4. The number of sulfonamides is 1. The quantitative estimate of drug-likeness (QED) is 0.616. The molecule has 0 atom stereocenters. The molecule has 1 N–H and O–H groups in total. The lowest BCUT2D eigenvalue weighted by molar-refractivity contribution is -0.143. The first-order chi connectivity index (χ1) is 10.5. The van der Waals surface area contributed by atoms with Gasteiger partial charge in [-0.1, -0.05) is 6.07 Å². The number of esters is 1. The fourth-order valence-electron chi connectivity index (χ4n) is 2.63. The summed E-state index contributed by atoms with van der Waals surface area (Å²) in [4.78, 5) is 11.5. The number of hydrogen-bond acceptors (Lipinski definition) is 4. The smallest absolute Gasteiger partial charge is 0.305 e. The van der Waals surface area contributed by atoms with E-state index in [9.17, 15) is 13.2 Å². The van der Waals surface area contributed by atoms with Gasteiger partial charge in [-0.3, -0.25) is 4.79 Å². The van der Waals surface area contributed by atoms with E-state index in [4.69, 9.17) is 4.74 Å². The Labute approximate surface area is 132 Å². The van der Waals surface area contributed by atoms with Gasteiger partial charge in [-0.2, -0.15) is 0 Å². The molecule has 1 aromatic rings. The van der Waals surface area contributed by atoms with E-state index in [0.717, 1.165) is 24.8 Å². The van der Waals surface area contributed by atoms with Gasteiger partial charge in [0.2, 0.25) is 10.0 Å². The number of rotatable bonds is 7. The van der Waals surface area contributed by atoms with Crippen molar-refractivity contribution < 1.29 is 17.9 Å². The number of hydrogen-bond donors (Lipinski definition) is 1. The standard InChI is InChI=1S/C16H23NO4S/c1-2-21-16(18)8-5-11-17-22(19,20)15-10-9-13-6-3-4-7-14(13)12-15/h9-10,12,17H,2-8,11H2,1H3. The summed E-state index contributed by atoms with van der Waals surface area (Å²) in [6.07, 6.45) is 4.92. The Hall–Kier alpha value is -1.40. The first-order valence-corrected chi connectivity index (χ1v) is 9.28. The zero-order valence-electron chi connectivity index (χ0n) is 12.9. The van der Waals surface area contributed by atoms with Crippen LogP contribution in [0.25, 0.3) is 0 Å². The van der Waals surface area contributed by atoms with Gasteiger partial charge in [0.15, 0.2) is 0 Å². The number of aryl methyl sites for hydroxylation is 2. The van der Waals surface area contributed by atoms with Crippen LogP contribution in [0.15, 0.2) is 23.1 Å². The highest BCUT2D eigenvalue weighted by molar-refractivity contribution is 7.89. The van der Waals surface area contributed by atoms with Gasteiger partial charge in [0.25, 0.3) is 0 Å². The summed E-state index contributed by atoms with van der Waals surface area (Å²) in [5.74, 6) is -0.296. The maximum absolute atomic E-state index is 12.3. The molecule has 0 aliphatic heterocycles. The summed E-state index contributed by atoms with van der Waals surface area (Å²) in [5.41, 5.74) is 2.40. The van der Waals surface area contributed by atoms with E-state index in [2.05, 4.69) is 4.72 Å². The third-order valence-electron chi connectivity index (χ3n) is 3.79. The Bertz CT molecular complexity index is 625. The predicted molar refractivity (Wildman–Crippen MR) is 84.1 cm³/mol. The highest BCUT2D eigenvalue weighted by atomic mass is 32.2. The molecule has 2 rings (SSSR count). The monoisotopic (exact) mass is 325 g/mol. The topological polar surface area (TPSA) is 72.5 Å². The molecule has 0 radical (unpaired) electrons. The van der Waals surface area contributed by atoms with Crippen LogP contribution in [0.1, 0.15) is 43.7 Å². The minimum Gasteiger partial charge on any atom is -0.466 e. The van der Waals surface area contributed by atoms with Crippen molar-refractivity contribution in [1.29, 1.82) is 0 Å². The highest BCUT2D eigenvalue weighted by Gasteiger charge is 2.17. The number of fused-ring (bicyclic) bond motifs is 1. The number of carbonyl (C=O) groups excluding carboxylic acids is 1. The second-order valence-electron chi connectivity index (χ2n) is 5.44. The summed E-state index contributed by atoms with van der Waals surface area (Å²) in [5, 5.41) is 0. The molecule has 0 saturated carbocycles. The van der Waals surface area contributed by atoms with Crippen molar-refractivity contribution in [2.45, 2.75) is 50.3 Å². The Kier molecular flexibility index (Phi) is 5.97. The summed E-state index contributed by atoms with van der Waals surface area (Å²) in [6, 6.07) is 5.36. The Balaban J connectivity index is 1.91. The summed E-state index contributed by atoms with van der Waals surface area (Å²) >= 11 is 0. The van der Waals surface area contributed by atoms with Crippen molar-refractivity contribution in [2.75, 3.05) is 13.2 Å². The van der Waals surface area contributed by atoms with Crippen molar-refractivity contribution in [3.63, 3.8) is 0 Å². The predicted octanol–water partition coefficient (Wildman–Crippen LogP) is 2.19. The minimum absolute atomic E-state index is 0.223. The second-order valence-corrected chi connectivity index (χ2v) is 7.21. The van der Waals surface area contributed by atoms with Gasteiger partial charge >= 0.3 is 5.97 Å². The summed E-state index contributed by atoms with van der Waals surface area (Å²) in [7, 11) is -3.51. The van der Waals surface area contributed by atoms with Gasteiger partial charge in [-0.15, -0.1) is 0 Å². The van der Waals surface area contributed by atoms with Crippen LogP contribution in [-0.4, -0.2) is 27.5 Å². The van der Waals surface area contributed by atoms with Crippen LogP contribution in [0.2, 0.25) is 0 Å². The van der Waals surface area contributed by atoms with Crippen molar-refractivity contribution in [3.05, 3.63) is 29.3 Å². The van der Waals surface area contributed by atoms with Crippen LogP contribution < -0.4 is 4.72 Å². The number of benzene rings is 1. The van der Waals surface area contributed by atoms with E-state index in [0.29, 0.717) is 17.9 Å². The van der Waals surface area contributed by atoms with Gasteiger partial charge in [0.05, 0.1) is 11.5 Å². The molecule has 1 aliphatic carbocycles. The van der Waals surface area contributed by atoms with E-state index in [1.54, 1.807) is 19.1 Å². The third kappa shape index (κ3) is 4.55. The molecule has 0 unspecified atom stereocenters. The van der Waals surface area contributed by atoms with Crippen LogP contribution >= 0.6 is 0 Å². The maximum atomic E-state index is 12.3. The lowest BCUT2D eigenvalue weighted by Crippen LogP contribution is -2.25. The molecule has 6 heteroatoms. The van der Waals surface area contributed by atoms with E-state index < -0.39 is 10.0 Å². The first kappa shape index (κ1) is 17.0. The van der Waals surface area contributed by atoms with Gasteiger partial charge in [-0.05, 0) is 62.3 Å². The zero-order valence-corrected chi connectivity index (χ0v) is 13.7. The van der Waals surface area contributed by atoms with Crippen molar-refractivity contribution in [2.24, 2.45) is 0 Å². The fourth-order valence-corrected chi connectivity index (χ4v) is 3.76. The number of carbonyl (C=O) groups is 1.